The van der Waals surface area contributed by atoms with Gasteiger partial charge in [-0.2, -0.15) is 0 Å². The average Bonchev–Trinajstić information content (AvgIpc) is 3.17. The number of thiazole rings is 1. The van der Waals surface area contributed by atoms with Gasteiger partial charge in [0.1, 0.15) is 0 Å². The number of piperidine rings is 1. The molecule has 0 saturated carbocycles. The number of likely N-dealkylation sites (tertiary alicyclic amines) is 1. The minimum atomic E-state index is -0.243. The number of fused-ring (bicyclic) bond motifs is 1. The van der Waals surface area contributed by atoms with Crippen LogP contribution in [-0.2, 0) is 14.3 Å². The second-order valence-electron chi connectivity index (χ2n) is 7.29. The lowest BCUT2D eigenvalue weighted by Gasteiger charge is -2.31. The van der Waals surface area contributed by atoms with Crippen LogP contribution in [0.3, 0.4) is 0 Å². The van der Waals surface area contributed by atoms with Crippen LogP contribution in [0.25, 0.3) is 10.2 Å². The number of benzene rings is 1. The molecule has 0 unspecified atom stereocenters. The van der Waals surface area contributed by atoms with Gasteiger partial charge in [-0.1, -0.05) is 24.3 Å². The summed E-state index contributed by atoms with van der Waals surface area (Å²) in [5, 5.41) is 1.10. The van der Waals surface area contributed by atoms with Gasteiger partial charge in [-0.05, 0) is 44.2 Å². The summed E-state index contributed by atoms with van der Waals surface area (Å²) in [5.41, 5.74) is 1.02. The molecule has 1 aliphatic carbocycles. The quantitative estimate of drug-likeness (QED) is 0.592. The molecular weight excluding hydrogens is 360 g/mol. The van der Waals surface area contributed by atoms with Gasteiger partial charge in [-0.15, -0.1) is 11.3 Å². The fourth-order valence-corrected chi connectivity index (χ4v) is 4.91. The number of rotatable bonds is 4. The Labute approximate surface area is 163 Å². The molecule has 1 fully saturated rings. The van der Waals surface area contributed by atoms with E-state index in [4.69, 9.17) is 9.72 Å². The summed E-state index contributed by atoms with van der Waals surface area (Å²) in [6.45, 7) is 1.23. The van der Waals surface area contributed by atoms with Crippen molar-refractivity contribution in [2.24, 2.45) is 5.92 Å². The number of carbonyl (C=O) groups is 2. The van der Waals surface area contributed by atoms with Crippen LogP contribution in [-0.4, -0.2) is 41.5 Å². The molecule has 1 saturated heterocycles. The van der Waals surface area contributed by atoms with E-state index in [9.17, 15) is 9.59 Å². The van der Waals surface area contributed by atoms with Crippen LogP contribution in [0.1, 0.15) is 43.0 Å². The average molecular weight is 385 g/mol. The Bertz CT molecular complexity index is 827. The van der Waals surface area contributed by atoms with Gasteiger partial charge in [0, 0.05) is 19.0 Å². The third-order valence-electron chi connectivity index (χ3n) is 5.37. The van der Waals surface area contributed by atoms with Crippen molar-refractivity contribution in [2.45, 2.75) is 38.0 Å². The van der Waals surface area contributed by atoms with Gasteiger partial charge in [0.25, 0.3) is 5.91 Å². The first kappa shape index (κ1) is 18.2. The van der Waals surface area contributed by atoms with E-state index in [0.717, 1.165) is 49.2 Å². The van der Waals surface area contributed by atoms with Crippen LogP contribution in [0.4, 0.5) is 0 Å². The van der Waals surface area contributed by atoms with Crippen LogP contribution in [0.2, 0.25) is 0 Å². The van der Waals surface area contributed by atoms with Crippen LogP contribution in [0, 0.1) is 5.92 Å². The van der Waals surface area contributed by atoms with E-state index in [0.29, 0.717) is 6.54 Å². The third kappa shape index (κ3) is 4.21. The molecule has 1 aromatic carbocycles. The van der Waals surface area contributed by atoms with E-state index < -0.39 is 0 Å². The van der Waals surface area contributed by atoms with Crippen molar-refractivity contribution in [1.82, 2.24) is 9.88 Å². The van der Waals surface area contributed by atoms with Crippen molar-refractivity contribution in [3.63, 3.8) is 0 Å². The maximum atomic E-state index is 12.6. The Balaban J connectivity index is 1.34. The lowest BCUT2D eigenvalue weighted by Crippen LogP contribution is -2.41. The largest absolute Gasteiger partial charge is 0.455 e. The minimum Gasteiger partial charge on any atom is -0.455 e. The van der Waals surface area contributed by atoms with Gasteiger partial charge >= 0.3 is 5.97 Å². The highest BCUT2D eigenvalue weighted by Gasteiger charge is 2.28. The molecule has 5 nitrogen and oxygen atoms in total. The number of allylic oxidation sites excluding steroid dienone is 2. The van der Waals surface area contributed by atoms with E-state index in [1.165, 1.54) is 4.70 Å². The van der Waals surface area contributed by atoms with Crippen LogP contribution in [0.5, 0.6) is 0 Å². The SMILES string of the molecule is O=C(OCC(=O)N1CCC[C@@H](c2nc3ccccc3s2)C1)[C@H]1CC=CCC1. The van der Waals surface area contributed by atoms with Crippen molar-refractivity contribution in [3.05, 3.63) is 41.4 Å². The maximum Gasteiger partial charge on any atom is 0.309 e. The molecule has 0 radical (unpaired) electrons. The van der Waals surface area contributed by atoms with E-state index in [1.54, 1.807) is 11.3 Å². The predicted molar refractivity (Wildman–Crippen MR) is 106 cm³/mol. The molecule has 1 aliphatic heterocycles. The number of hydrogen-bond acceptors (Lipinski definition) is 5. The molecule has 1 amide bonds. The summed E-state index contributed by atoms with van der Waals surface area (Å²) in [4.78, 5) is 31.3. The fraction of sp³-hybridized carbons (Fsp3) is 0.476. The molecule has 1 aromatic heterocycles. The Morgan fingerprint density at radius 3 is 2.93 bits per heavy atom. The van der Waals surface area contributed by atoms with Gasteiger partial charge in [-0.25, -0.2) is 4.98 Å². The van der Waals surface area contributed by atoms with E-state index in [-0.39, 0.29) is 30.3 Å². The Kier molecular flexibility index (Phi) is 5.53. The van der Waals surface area contributed by atoms with E-state index in [1.807, 2.05) is 29.2 Å². The van der Waals surface area contributed by atoms with Crippen LogP contribution in [0.15, 0.2) is 36.4 Å². The highest BCUT2D eigenvalue weighted by atomic mass is 32.1. The molecule has 0 bridgehead atoms. The predicted octanol–water partition coefficient (Wildman–Crippen LogP) is 3.90. The van der Waals surface area contributed by atoms with E-state index in [2.05, 4.69) is 12.1 Å². The normalized spacial score (nSPS) is 22.7. The van der Waals surface area contributed by atoms with Gasteiger partial charge in [0.05, 0.1) is 21.1 Å². The number of amides is 1. The molecule has 2 aromatic rings. The number of aromatic nitrogens is 1. The van der Waals surface area contributed by atoms with Crippen LogP contribution >= 0.6 is 11.3 Å². The van der Waals surface area contributed by atoms with Crippen molar-refractivity contribution < 1.29 is 14.3 Å². The molecule has 2 heterocycles. The van der Waals surface area contributed by atoms with Gasteiger partial charge in [-0.3, -0.25) is 9.59 Å². The summed E-state index contributed by atoms with van der Waals surface area (Å²) in [5.74, 6) is -0.174. The van der Waals surface area contributed by atoms with Gasteiger partial charge in [0.2, 0.25) is 0 Å². The first-order chi connectivity index (χ1) is 13.2. The first-order valence-corrected chi connectivity index (χ1v) is 10.5. The lowest BCUT2D eigenvalue weighted by molar-refractivity contribution is -0.156. The summed E-state index contributed by atoms with van der Waals surface area (Å²) in [7, 11) is 0. The minimum absolute atomic E-state index is 0.0967. The van der Waals surface area contributed by atoms with Crippen molar-refractivity contribution in [3.8, 4) is 0 Å². The second kappa shape index (κ2) is 8.21. The zero-order valence-electron chi connectivity index (χ0n) is 15.3. The molecule has 0 N–H and O–H groups in total. The highest BCUT2D eigenvalue weighted by Crippen LogP contribution is 2.33. The number of carbonyl (C=O) groups excluding carboxylic acids is 2. The maximum absolute atomic E-state index is 12.6. The molecular formula is C21H24N2O3S. The number of para-hydroxylation sites is 1. The standard InChI is InChI=1S/C21H24N2O3S/c24-19(14-26-21(25)15-7-2-1-3-8-15)23-12-6-9-16(13-23)20-22-17-10-4-5-11-18(17)27-20/h1-2,4-5,10-11,15-16H,3,6-9,12-14H2/t15-,16+/m0/s1. The molecule has 0 spiro atoms. The molecule has 6 heteroatoms. The van der Waals surface area contributed by atoms with Gasteiger partial charge < -0.3 is 9.64 Å². The second-order valence-corrected chi connectivity index (χ2v) is 8.35. The van der Waals surface area contributed by atoms with Crippen molar-refractivity contribution in [1.29, 1.82) is 0 Å². The van der Waals surface area contributed by atoms with Gasteiger partial charge in [0.15, 0.2) is 6.61 Å². The summed E-state index contributed by atoms with van der Waals surface area (Å²) < 4.78 is 6.49. The Morgan fingerprint density at radius 1 is 1.22 bits per heavy atom. The molecule has 2 aliphatic rings. The zero-order chi connectivity index (χ0) is 18.6. The van der Waals surface area contributed by atoms with Crippen molar-refractivity contribution in [2.75, 3.05) is 19.7 Å². The van der Waals surface area contributed by atoms with E-state index >= 15 is 0 Å². The Morgan fingerprint density at radius 2 is 2.11 bits per heavy atom. The lowest BCUT2D eigenvalue weighted by atomic mass is 9.95. The molecule has 142 valence electrons. The summed E-state index contributed by atoms with van der Waals surface area (Å²) in [6.07, 6.45) is 8.54. The Hall–Kier alpha value is -2.21. The summed E-state index contributed by atoms with van der Waals surface area (Å²) in [6, 6.07) is 8.14. The monoisotopic (exact) mass is 384 g/mol. The fourth-order valence-electron chi connectivity index (χ4n) is 3.82. The molecule has 4 rings (SSSR count). The topological polar surface area (TPSA) is 59.5 Å². The number of nitrogens with zero attached hydrogens (tertiary/aromatic N) is 2. The number of ether oxygens (including phenoxy) is 1. The van der Waals surface area contributed by atoms with Crippen molar-refractivity contribution >= 4 is 33.4 Å². The zero-order valence-corrected chi connectivity index (χ0v) is 16.1. The molecule has 2 atom stereocenters. The number of hydrogen-bond donors (Lipinski definition) is 0. The third-order valence-corrected chi connectivity index (χ3v) is 6.57. The van der Waals surface area contributed by atoms with Crippen LogP contribution < -0.4 is 0 Å². The highest BCUT2D eigenvalue weighted by molar-refractivity contribution is 7.18. The molecule has 27 heavy (non-hydrogen) atoms. The smallest absolute Gasteiger partial charge is 0.309 e. The summed E-state index contributed by atoms with van der Waals surface area (Å²) >= 11 is 1.71. The number of esters is 1. The first-order valence-electron chi connectivity index (χ1n) is 9.65.